The first-order valence-corrected chi connectivity index (χ1v) is 11.0. The van der Waals surface area contributed by atoms with Gasteiger partial charge in [0, 0.05) is 35.0 Å². The summed E-state index contributed by atoms with van der Waals surface area (Å²) in [5.41, 5.74) is 3.52. The van der Waals surface area contributed by atoms with Gasteiger partial charge in [0.05, 0.1) is 28.5 Å². The first-order valence-electron chi connectivity index (χ1n) is 10.6. The summed E-state index contributed by atoms with van der Waals surface area (Å²) in [5, 5.41) is 8.26. The molecule has 0 saturated carbocycles. The van der Waals surface area contributed by atoms with E-state index in [9.17, 15) is 4.79 Å². The van der Waals surface area contributed by atoms with Gasteiger partial charge < -0.3 is 19.6 Å². The number of halogens is 1. The Bertz CT molecular complexity index is 1490. The second-order valence-electron chi connectivity index (χ2n) is 7.74. The van der Waals surface area contributed by atoms with Crippen LogP contribution in [0.5, 0.6) is 5.75 Å². The number of nitrogens with one attached hydrogen (secondary N) is 2. The lowest BCUT2D eigenvalue weighted by Crippen LogP contribution is -2.19. The van der Waals surface area contributed by atoms with Crippen LogP contribution in [0.2, 0.25) is 5.02 Å². The monoisotopic (exact) mass is 473 g/mol. The minimum Gasteiger partial charge on any atom is -0.486 e. The van der Waals surface area contributed by atoms with Crippen molar-refractivity contribution in [2.45, 2.75) is 19.6 Å². The standard InChI is InChI=1S/C25H20ClN5O3/c1-15(30-24-10-16(5-7-28-24)18-12-29-34-13-18)20-8-17-9-21(26)23(11-22(17)31-25(20)32)33-14-19-4-2-3-6-27-19/h2-13,15H,14H2,1H3,(H,28,30)(H,31,32)/t15-/m0/s1. The molecule has 0 aliphatic carbocycles. The lowest BCUT2D eigenvalue weighted by molar-refractivity contribution is 0.302. The molecule has 2 N–H and O–H groups in total. The number of fused-ring (bicyclic) bond motifs is 1. The average Bonchev–Trinajstić information content (AvgIpc) is 3.39. The third-order valence-corrected chi connectivity index (χ3v) is 5.68. The highest BCUT2D eigenvalue weighted by Crippen LogP contribution is 2.31. The Labute approximate surface area is 199 Å². The van der Waals surface area contributed by atoms with Gasteiger partial charge in [-0.3, -0.25) is 9.78 Å². The van der Waals surface area contributed by atoms with Crippen molar-refractivity contribution in [2.75, 3.05) is 5.32 Å². The van der Waals surface area contributed by atoms with E-state index in [1.807, 2.05) is 43.3 Å². The molecule has 1 aromatic carbocycles. The SMILES string of the molecule is C[C@H](Nc1cc(-c2cnoc2)ccn1)c1cc2cc(Cl)c(OCc3ccccn3)cc2[nH]c1=O. The molecule has 0 fully saturated rings. The number of aromatic amines is 1. The van der Waals surface area contributed by atoms with E-state index in [1.165, 1.54) is 0 Å². The van der Waals surface area contributed by atoms with Gasteiger partial charge in [-0.15, -0.1) is 0 Å². The van der Waals surface area contributed by atoms with Crippen LogP contribution < -0.4 is 15.6 Å². The van der Waals surface area contributed by atoms with Crippen molar-refractivity contribution in [1.29, 1.82) is 0 Å². The third-order valence-electron chi connectivity index (χ3n) is 5.38. The molecule has 0 spiro atoms. The highest BCUT2D eigenvalue weighted by molar-refractivity contribution is 6.32. The first kappa shape index (κ1) is 21.7. The number of benzene rings is 1. The van der Waals surface area contributed by atoms with Crippen LogP contribution in [-0.4, -0.2) is 20.1 Å². The Kier molecular flexibility index (Phi) is 5.97. The van der Waals surface area contributed by atoms with Crippen LogP contribution in [0.3, 0.4) is 0 Å². The predicted octanol–water partition coefficient (Wildman–Crippen LogP) is 5.38. The summed E-state index contributed by atoms with van der Waals surface area (Å²) < 4.78 is 10.7. The van der Waals surface area contributed by atoms with Gasteiger partial charge in [0.15, 0.2) is 0 Å². The normalized spacial score (nSPS) is 11.9. The zero-order valence-electron chi connectivity index (χ0n) is 18.2. The fraction of sp³-hybridized carbons (Fsp3) is 0.120. The van der Waals surface area contributed by atoms with Crippen LogP contribution in [0, 0.1) is 0 Å². The number of hydrogen-bond acceptors (Lipinski definition) is 7. The molecule has 4 heterocycles. The molecule has 0 unspecified atom stereocenters. The van der Waals surface area contributed by atoms with Crippen LogP contribution in [0.15, 0.2) is 82.7 Å². The molecule has 0 amide bonds. The van der Waals surface area contributed by atoms with Crippen molar-refractivity contribution in [3.05, 3.63) is 100 Å². The fourth-order valence-electron chi connectivity index (χ4n) is 3.63. The fourth-order valence-corrected chi connectivity index (χ4v) is 3.85. The molecular weight excluding hydrogens is 454 g/mol. The maximum absolute atomic E-state index is 12.9. The maximum atomic E-state index is 12.9. The number of pyridine rings is 3. The number of hydrogen-bond donors (Lipinski definition) is 2. The molecule has 0 aliphatic rings. The van der Waals surface area contributed by atoms with Gasteiger partial charge in [0.25, 0.3) is 5.56 Å². The van der Waals surface area contributed by atoms with Gasteiger partial charge >= 0.3 is 0 Å². The molecule has 0 bridgehead atoms. The van der Waals surface area contributed by atoms with Crippen LogP contribution in [0.4, 0.5) is 5.82 Å². The van der Waals surface area contributed by atoms with E-state index in [0.717, 1.165) is 22.2 Å². The van der Waals surface area contributed by atoms with E-state index in [2.05, 4.69) is 25.4 Å². The zero-order valence-corrected chi connectivity index (χ0v) is 18.9. The zero-order chi connectivity index (χ0) is 23.5. The number of ether oxygens (including phenoxy) is 1. The van der Waals surface area contributed by atoms with Crippen molar-refractivity contribution in [1.82, 2.24) is 20.1 Å². The molecule has 1 atom stereocenters. The highest BCUT2D eigenvalue weighted by Gasteiger charge is 2.14. The van der Waals surface area contributed by atoms with Crippen molar-refractivity contribution >= 4 is 28.3 Å². The van der Waals surface area contributed by atoms with Gasteiger partial charge in [-0.2, -0.15) is 0 Å². The van der Waals surface area contributed by atoms with E-state index in [-0.39, 0.29) is 18.2 Å². The quantitative estimate of drug-likeness (QED) is 0.327. The molecular formula is C25H20ClN5O3. The number of rotatable bonds is 7. The number of nitrogens with zero attached hydrogens (tertiary/aromatic N) is 3. The Morgan fingerprint density at radius 2 is 2.03 bits per heavy atom. The minimum atomic E-state index is -0.308. The Morgan fingerprint density at radius 1 is 1.12 bits per heavy atom. The third kappa shape index (κ3) is 4.62. The molecule has 8 nitrogen and oxygen atoms in total. The number of aromatic nitrogens is 4. The van der Waals surface area contributed by atoms with Gasteiger partial charge in [-0.1, -0.05) is 22.8 Å². The Balaban J connectivity index is 1.38. The summed E-state index contributed by atoms with van der Waals surface area (Å²) in [7, 11) is 0. The van der Waals surface area contributed by atoms with E-state index in [0.29, 0.717) is 27.7 Å². The van der Waals surface area contributed by atoms with E-state index in [4.69, 9.17) is 20.9 Å². The summed E-state index contributed by atoms with van der Waals surface area (Å²) in [6.45, 7) is 2.17. The van der Waals surface area contributed by atoms with Crippen LogP contribution >= 0.6 is 11.6 Å². The molecule has 4 aromatic heterocycles. The lowest BCUT2D eigenvalue weighted by Gasteiger charge is -2.16. The number of anilines is 1. The summed E-state index contributed by atoms with van der Waals surface area (Å²) >= 11 is 6.46. The van der Waals surface area contributed by atoms with Crippen LogP contribution in [0.1, 0.15) is 24.2 Å². The van der Waals surface area contributed by atoms with Gasteiger partial charge in [0.2, 0.25) is 0 Å². The topological polar surface area (TPSA) is 106 Å². The van der Waals surface area contributed by atoms with Crippen LogP contribution in [0.25, 0.3) is 22.0 Å². The molecule has 5 rings (SSSR count). The second-order valence-corrected chi connectivity index (χ2v) is 8.15. The predicted molar refractivity (Wildman–Crippen MR) is 130 cm³/mol. The minimum absolute atomic E-state index is 0.208. The van der Waals surface area contributed by atoms with Crippen molar-refractivity contribution in [2.24, 2.45) is 0 Å². The highest BCUT2D eigenvalue weighted by atomic mass is 35.5. The Hall–Kier alpha value is -4.17. The Morgan fingerprint density at radius 3 is 2.82 bits per heavy atom. The summed E-state index contributed by atoms with van der Waals surface area (Å²) in [6.07, 6.45) is 6.59. The van der Waals surface area contributed by atoms with Gasteiger partial charge in [-0.25, -0.2) is 4.98 Å². The smallest absolute Gasteiger partial charge is 0.253 e. The van der Waals surface area contributed by atoms with Crippen molar-refractivity contribution in [3.8, 4) is 16.9 Å². The summed E-state index contributed by atoms with van der Waals surface area (Å²) in [4.78, 5) is 24.4. The van der Waals surface area contributed by atoms with Crippen molar-refractivity contribution < 1.29 is 9.26 Å². The number of H-pyrrole nitrogens is 1. The molecule has 170 valence electrons. The molecule has 5 aromatic rings. The molecule has 0 saturated heterocycles. The van der Waals surface area contributed by atoms with Crippen molar-refractivity contribution in [3.63, 3.8) is 0 Å². The average molecular weight is 474 g/mol. The lowest BCUT2D eigenvalue weighted by atomic mass is 10.1. The second kappa shape index (κ2) is 9.36. The van der Waals surface area contributed by atoms with E-state index in [1.54, 1.807) is 37.0 Å². The molecule has 9 heteroatoms. The maximum Gasteiger partial charge on any atom is 0.253 e. The largest absolute Gasteiger partial charge is 0.486 e. The summed E-state index contributed by atoms with van der Waals surface area (Å²) in [5.74, 6) is 1.10. The molecule has 0 aliphatic heterocycles. The van der Waals surface area contributed by atoms with Gasteiger partial charge in [-0.05, 0) is 48.9 Å². The van der Waals surface area contributed by atoms with E-state index < -0.39 is 0 Å². The van der Waals surface area contributed by atoms with E-state index >= 15 is 0 Å². The van der Waals surface area contributed by atoms with Crippen LogP contribution in [-0.2, 0) is 6.61 Å². The van der Waals surface area contributed by atoms with Gasteiger partial charge in [0.1, 0.15) is 24.4 Å². The molecule has 0 radical (unpaired) electrons. The summed E-state index contributed by atoms with van der Waals surface area (Å²) in [6, 6.07) is 14.4. The first-order chi connectivity index (χ1) is 16.6. The molecule has 34 heavy (non-hydrogen) atoms.